The Morgan fingerprint density at radius 2 is 1.95 bits per heavy atom. The average molecular weight is 255 g/mol. The summed E-state index contributed by atoms with van der Waals surface area (Å²) < 4.78 is 0. The van der Waals surface area contributed by atoms with E-state index < -0.39 is 0 Å². The van der Waals surface area contributed by atoms with Gasteiger partial charge in [-0.05, 0) is 29.8 Å². The van der Waals surface area contributed by atoms with Gasteiger partial charge in [0.15, 0.2) is 0 Å². The third-order valence-electron chi connectivity index (χ3n) is 3.25. The minimum Gasteiger partial charge on any atom is -0.381 e. The van der Waals surface area contributed by atoms with E-state index in [0.29, 0.717) is 17.7 Å². The lowest BCUT2D eigenvalue weighted by atomic mass is 10.1. The number of benzene rings is 1. The molecule has 0 unspecified atom stereocenters. The number of aromatic amines is 1. The van der Waals surface area contributed by atoms with Gasteiger partial charge in [0.2, 0.25) is 0 Å². The SMILES string of the molecule is CN1C(=O)c2ccc(NCc3cc[nH]c3)cc2C1=O. The minimum atomic E-state index is -0.245. The maximum absolute atomic E-state index is 11.9. The van der Waals surface area contributed by atoms with Gasteiger partial charge in [-0.25, -0.2) is 0 Å². The summed E-state index contributed by atoms with van der Waals surface area (Å²) in [6.45, 7) is 0.667. The molecule has 2 aromatic rings. The molecule has 1 aliphatic rings. The van der Waals surface area contributed by atoms with Crippen LogP contribution in [0.1, 0.15) is 26.3 Å². The van der Waals surface area contributed by atoms with Gasteiger partial charge >= 0.3 is 0 Å². The van der Waals surface area contributed by atoms with Crippen LogP contribution in [0.5, 0.6) is 0 Å². The van der Waals surface area contributed by atoms with Crippen LogP contribution >= 0.6 is 0 Å². The van der Waals surface area contributed by atoms with Crippen LogP contribution < -0.4 is 5.32 Å². The molecule has 5 heteroatoms. The lowest BCUT2D eigenvalue weighted by Crippen LogP contribution is -2.24. The number of aromatic nitrogens is 1. The van der Waals surface area contributed by atoms with Crippen LogP contribution in [0.15, 0.2) is 36.7 Å². The summed E-state index contributed by atoms with van der Waals surface area (Å²) in [7, 11) is 1.50. The predicted molar refractivity (Wildman–Crippen MR) is 71.0 cm³/mol. The normalized spacial score (nSPS) is 13.8. The van der Waals surface area contributed by atoms with Crippen molar-refractivity contribution in [1.29, 1.82) is 0 Å². The van der Waals surface area contributed by atoms with Crippen molar-refractivity contribution in [1.82, 2.24) is 9.88 Å². The molecule has 0 spiro atoms. The first kappa shape index (κ1) is 11.5. The lowest BCUT2D eigenvalue weighted by Gasteiger charge is -2.06. The highest BCUT2D eigenvalue weighted by molar-refractivity contribution is 6.21. The van der Waals surface area contributed by atoms with Gasteiger partial charge in [-0.2, -0.15) is 0 Å². The number of fused-ring (bicyclic) bond motifs is 1. The van der Waals surface area contributed by atoms with Crippen LogP contribution in [-0.2, 0) is 6.54 Å². The van der Waals surface area contributed by atoms with Crippen LogP contribution in [-0.4, -0.2) is 28.7 Å². The van der Waals surface area contributed by atoms with Crippen LogP contribution in [0.2, 0.25) is 0 Å². The second-order valence-corrected chi connectivity index (χ2v) is 4.50. The van der Waals surface area contributed by atoms with Gasteiger partial charge < -0.3 is 10.3 Å². The third-order valence-corrected chi connectivity index (χ3v) is 3.25. The Bertz CT molecular complexity index is 647. The number of nitrogens with zero attached hydrogens (tertiary/aromatic N) is 1. The summed E-state index contributed by atoms with van der Waals surface area (Å²) in [6, 6.07) is 7.21. The van der Waals surface area contributed by atoms with Gasteiger partial charge in [0.05, 0.1) is 11.1 Å². The van der Waals surface area contributed by atoms with Crippen LogP contribution in [0.25, 0.3) is 0 Å². The Kier molecular flexibility index (Phi) is 2.59. The van der Waals surface area contributed by atoms with Gasteiger partial charge in [-0.3, -0.25) is 14.5 Å². The number of carbonyl (C=O) groups is 2. The number of nitrogens with one attached hydrogen (secondary N) is 2. The number of anilines is 1. The second kappa shape index (κ2) is 4.28. The molecule has 96 valence electrons. The fourth-order valence-electron chi connectivity index (χ4n) is 2.14. The molecule has 0 radical (unpaired) electrons. The molecule has 1 aromatic heterocycles. The molecule has 3 rings (SSSR count). The highest BCUT2D eigenvalue weighted by atomic mass is 16.2. The molecule has 0 fully saturated rings. The molecule has 0 bridgehead atoms. The summed E-state index contributed by atoms with van der Waals surface area (Å²) in [5.41, 5.74) is 2.89. The Morgan fingerprint density at radius 1 is 1.16 bits per heavy atom. The fraction of sp³-hybridized carbons (Fsp3) is 0.143. The third kappa shape index (κ3) is 1.89. The van der Waals surface area contributed by atoms with Crippen molar-refractivity contribution < 1.29 is 9.59 Å². The molecular formula is C14H13N3O2. The van der Waals surface area contributed by atoms with Gasteiger partial charge in [-0.1, -0.05) is 0 Å². The maximum atomic E-state index is 11.9. The standard InChI is InChI=1S/C14H13N3O2/c1-17-13(18)11-3-2-10(6-12(11)14(17)19)16-8-9-4-5-15-7-9/h2-7,15-16H,8H2,1H3. The van der Waals surface area contributed by atoms with E-state index in [1.165, 1.54) is 7.05 Å². The van der Waals surface area contributed by atoms with Crippen molar-refractivity contribution in [3.63, 3.8) is 0 Å². The molecule has 19 heavy (non-hydrogen) atoms. The lowest BCUT2D eigenvalue weighted by molar-refractivity contribution is 0.0693. The molecular weight excluding hydrogens is 242 g/mol. The smallest absolute Gasteiger partial charge is 0.261 e. The fourth-order valence-corrected chi connectivity index (χ4v) is 2.14. The first-order valence-corrected chi connectivity index (χ1v) is 5.99. The Morgan fingerprint density at radius 3 is 2.68 bits per heavy atom. The van der Waals surface area contributed by atoms with Crippen molar-refractivity contribution in [2.45, 2.75) is 6.54 Å². The van der Waals surface area contributed by atoms with Crippen molar-refractivity contribution in [2.24, 2.45) is 0 Å². The maximum Gasteiger partial charge on any atom is 0.261 e. The van der Waals surface area contributed by atoms with Crippen LogP contribution in [0.3, 0.4) is 0 Å². The van der Waals surface area contributed by atoms with E-state index in [9.17, 15) is 9.59 Å². The number of hydrogen-bond acceptors (Lipinski definition) is 3. The number of hydrogen-bond donors (Lipinski definition) is 2. The van der Waals surface area contributed by atoms with E-state index in [1.807, 2.05) is 24.5 Å². The minimum absolute atomic E-state index is 0.239. The topological polar surface area (TPSA) is 65.2 Å². The molecule has 1 aromatic carbocycles. The number of carbonyl (C=O) groups excluding carboxylic acids is 2. The van der Waals surface area contributed by atoms with E-state index in [1.54, 1.807) is 12.1 Å². The zero-order valence-electron chi connectivity index (χ0n) is 10.4. The number of imide groups is 1. The van der Waals surface area contributed by atoms with Gasteiger partial charge in [0, 0.05) is 31.7 Å². The van der Waals surface area contributed by atoms with Crippen molar-refractivity contribution in [2.75, 3.05) is 12.4 Å². The molecule has 2 amide bonds. The Balaban J connectivity index is 1.83. The molecule has 2 N–H and O–H groups in total. The van der Waals surface area contributed by atoms with E-state index in [-0.39, 0.29) is 11.8 Å². The summed E-state index contributed by atoms with van der Waals surface area (Å²) in [5.74, 6) is -0.484. The van der Waals surface area contributed by atoms with E-state index >= 15 is 0 Å². The number of H-pyrrole nitrogens is 1. The summed E-state index contributed by atoms with van der Waals surface area (Å²) in [5, 5.41) is 3.22. The van der Waals surface area contributed by atoms with E-state index in [2.05, 4.69) is 10.3 Å². The zero-order chi connectivity index (χ0) is 13.4. The number of rotatable bonds is 3. The first-order chi connectivity index (χ1) is 9.16. The monoisotopic (exact) mass is 255 g/mol. The molecule has 0 aliphatic carbocycles. The largest absolute Gasteiger partial charge is 0.381 e. The summed E-state index contributed by atoms with van der Waals surface area (Å²) >= 11 is 0. The molecule has 0 saturated heterocycles. The van der Waals surface area contributed by atoms with Crippen molar-refractivity contribution in [3.8, 4) is 0 Å². The quantitative estimate of drug-likeness (QED) is 0.823. The first-order valence-electron chi connectivity index (χ1n) is 5.99. The molecule has 1 aliphatic heterocycles. The van der Waals surface area contributed by atoms with E-state index in [0.717, 1.165) is 16.2 Å². The second-order valence-electron chi connectivity index (χ2n) is 4.50. The highest BCUT2D eigenvalue weighted by Gasteiger charge is 2.32. The van der Waals surface area contributed by atoms with Gasteiger partial charge in [0.25, 0.3) is 11.8 Å². The van der Waals surface area contributed by atoms with Crippen LogP contribution in [0, 0.1) is 0 Å². The van der Waals surface area contributed by atoms with E-state index in [4.69, 9.17) is 0 Å². The Hall–Kier alpha value is -2.56. The predicted octanol–water partition coefficient (Wildman–Crippen LogP) is 1.85. The van der Waals surface area contributed by atoms with Crippen molar-refractivity contribution in [3.05, 3.63) is 53.3 Å². The van der Waals surface area contributed by atoms with Gasteiger partial charge in [-0.15, -0.1) is 0 Å². The molecule has 0 atom stereocenters. The molecule has 2 heterocycles. The van der Waals surface area contributed by atoms with Crippen LogP contribution in [0.4, 0.5) is 5.69 Å². The molecule has 5 nitrogen and oxygen atoms in total. The van der Waals surface area contributed by atoms with Gasteiger partial charge in [0.1, 0.15) is 0 Å². The zero-order valence-corrected chi connectivity index (χ0v) is 10.4. The van der Waals surface area contributed by atoms with Crippen molar-refractivity contribution >= 4 is 17.5 Å². The summed E-state index contributed by atoms with van der Waals surface area (Å²) in [4.78, 5) is 27.7. The Labute approximate surface area is 110 Å². The number of amides is 2. The average Bonchev–Trinajstić information content (AvgIpc) is 3.01. The summed E-state index contributed by atoms with van der Waals surface area (Å²) in [6.07, 6.45) is 3.76. The molecule has 0 saturated carbocycles. The highest BCUT2D eigenvalue weighted by Crippen LogP contribution is 2.24.